The maximum atomic E-state index is 12.7. The molecule has 0 spiro atoms. The number of amides is 1. The molecule has 28 heavy (non-hydrogen) atoms. The van der Waals surface area contributed by atoms with Gasteiger partial charge in [0, 0.05) is 44.0 Å². The van der Waals surface area contributed by atoms with Crippen molar-refractivity contribution in [2.45, 2.75) is 0 Å². The Morgan fingerprint density at radius 1 is 1.04 bits per heavy atom. The molecule has 1 amide bonds. The first-order chi connectivity index (χ1) is 13.4. The number of anilines is 1. The predicted octanol–water partition coefficient (Wildman–Crippen LogP) is 2.53. The lowest BCUT2D eigenvalue weighted by Gasteiger charge is -2.34. The quantitative estimate of drug-likeness (QED) is 0.810. The second kappa shape index (κ2) is 9.03. The zero-order chi connectivity index (χ0) is 20.0. The lowest BCUT2D eigenvalue weighted by atomic mass is 10.1. The van der Waals surface area contributed by atoms with Crippen molar-refractivity contribution in [1.29, 1.82) is 0 Å². The first kappa shape index (κ1) is 20.1. The van der Waals surface area contributed by atoms with Gasteiger partial charge < -0.3 is 4.90 Å². The average molecular weight is 400 g/mol. The van der Waals surface area contributed by atoms with Crippen LogP contribution in [0.4, 0.5) is 5.69 Å². The predicted molar refractivity (Wildman–Crippen MR) is 113 cm³/mol. The van der Waals surface area contributed by atoms with Gasteiger partial charge in [0.15, 0.2) is 0 Å². The van der Waals surface area contributed by atoms with Crippen LogP contribution in [0.1, 0.15) is 15.9 Å². The Hall–Kier alpha value is -2.64. The third-order valence-corrected chi connectivity index (χ3v) is 5.15. The monoisotopic (exact) mass is 399 g/mol. The van der Waals surface area contributed by atoms with Crippen LogP contribution in [0.2, 0.25) is 0 Å². The third-order valence-electron chi connectivity index (χ3n) is 4.55. The lowest BCUT2D eigenvalue weighted by Crippen LogP contribution is -2.48. The first-order valence-electron chi connectivity index (χ1n) is 9.22. The van der Waals surface area contributed by atoms with Crippen LogP contribution in [0.5, 0.6) is 0 Å². The van der Waals surface area contributed by atoms with E-state index >= 15 is 0 Å². The summed E-state index contributed by atoms with van der Waals surface area (Å²) >= 11 is 0. The van der Waals surface area contributed by atoms with Crippen LogP contribution >= 0.6 is 0 Å². The van der Waals surface area contributed by atoms with E-state index in [9.17, 15) is 13.2 Å². The molecule has 0 unspecified atom stereocenters. The minimum atomic E-state index is -3.37. The molecule has 0 aromatic heterocycles. The minimum Gasteiger partial charge on any atom is -0.336 e. The highest BCUT2D eigenvalue weighted by molar-refractivity contribution is 7.92. The third kappa shape index (κ3) is 5.94. The Morgan fingerprint density at radius 3 is 2.43 bits per heavy atom. The van der Waals surface area contributed by atoms with E-state index in [4.69, 9.17) is 0 Å². The van der Waals surface area contributed by atoms with Gasteiger partial charge in [0.25, 0.3) is 5.91 Å². The molecule has 1 aliphatic rings. The van der Waals surface area contributed by atoms with Gasteiger partial charge in [-0.25, -0.2) is 8.42 Å². The van der Waals surface area contributed by atoms with Gasteiger partial charge in [-0.1, -0.05) is 48.6 Å². The highest BCUT2D eigenvalue weighted by Crippen LogP contribution is 2.15. The molecular weight excluding hydrogens is 374 g/mol. The van der Waals surface area contributed by atoms with Gasteiger partial charge in [0.1, 0.15) is 0 Å². The number of benzene rings is 2. The standard InChI is InChI=1S/C21H25N3O3S/c1-28(26,27)22-20-11-5-10-19(17-20)21(25)24-15-13-23(14-16-24)12-6-9-18-7-3-2-4-8-18/h2-11,17,22H,12-16H2,1H3/b9-6+. The van der Waals surface area contributed by atoms with Crippen LogP contribution in [-0.4, -0.2) is 63.1 Å². The second-order valence-electron chi connectivity index (χ2n) is 6.86. The Labute approximate surface area is 166 Å². The summed E-state index contributed by atoms with van der Waals surface area (Å²) in [6, 6.07) is 16.8. The summed E-state index contributed by atoms with van der Waals surface area (Å²) < 4.78 is 25.2. The number of hydrogen-bond donors (Lipinski definition) is 1. The molecule has 2 aromatic carbocycles. The second-order valence-corrected chi connectivity index (χ2v) is 8.61. The molecule has 0 radical (unpaired) electrons. The maximum absolute atomic E-state index is 12.7. The summed E-state index contributed by atoms with van der Waals surface area (Å²) in [5.41, 5.74) is 2.07. The normalized spacial score (nSPS) is 15.7. The molecular formula is C21H25N3O3S. The summed E-state index contributed by atoms with van der Waals surface area (Å²) in [6.45, 7) is 3.78. The van der Waals surface area contributed by atoms with Gasteiger partial charge in [-0.05, 0) is 23.8 Å². The fourth-order valence-electron chi connectivity index (χ4n) is 3.15. The molecule has 1 N–H and O–H groups in total. The van der Waals surface area contributed by atoms with Gasteiger partial charge in [-0.3, -0.25) is 14.4 Å². The van der Waals surface area contributed by atoms with Crippen molar-refractivity contribution in [1.82, 2.24) is 9.80 Å². The topological polar surface area (TPSA) is 69.7 Å². The van der Waals surface area contributed by atoms with Crippen molar-refractivity contribution in [2.24, 2.45) is 0 Å². The van der Waals surface area contributed by atoms with Gasteiger partial charge in [0.05, 0.1) is 6.26 Å². The lowest BCUT2D eigenvalue weighted by molar-refractivity contribution is 0.0650. The zero-order valence-electron chi connectivity index (χ0n) is 15.9. The number of sulfonamides is 1. The first-order valence-corrected chi connectivity index (χ1v) is 11.1. The number of nitrogens with zero attached hydrogens (tertiary/aromatic N) is 2. The van der Waals surface area contributed by atoms with E-state index in [-0.39, 0.29) is 5.91 Å². The molecule has 1 saturated heterocycles. The maximum Gasteiger partial charge on any atom is 0.254 e. The molecule has 0 aliphatic carbocycles. The molecule has 0 atom stereocenters. The number of hydrogen-bond acceptors (Lipinski definition) is 4. The van der Waals surface area contributed by atoms with E-state index in [1.54, 1.807) is 24.3 Å². The smallest absolute Gasteiger partial charge is 0.254 e. The molecule has 3 rings (SSSR count). The van der Waals surface area contributed by atoms with Crippen molar-refractivity contribution in [3.8, 4) is 0 Å². The number of nitrogens with one attached hydrogen (secondary N) is 1. The zero-order valence-corrected chi connectivity index (χ0v) is 16.7. The van der Waals surface area contributed by atoms with Crippen LogP contribution in [0.15, 0.2) is 60.7 Å². The molecule has 1 fully saturated rings. The van der Waals surface area contributed by atoms with Crippen molar-refractivity contribution in [3.05, 3.63) is 71.8 Å². The van der Waals surface area contributed by atoms with Crippen molar-refractivity contribution >= 4 is 27.7 Å². The molecule has 1 aliphatic heterocycles. The number of rotatable bonds is 6. The van der Waals surface area contributed by atoms with E-state index in [2.05, 4.69) is 33.9 Å². The molecule has 0 saturated carbocycles. The summed E-state index contributed by atoms with van der Waals surface area (Å²) in [7, 11) is -3.37. The SMILES string of the molecule is CS(=O)(=O)Nc1cccc(C(=O)N2CCN(C/C=C/c3ccccc3)CC2)c1. The molecule has 148 valence electrons. The van der Waals surface area contributed by atoms with Crippen molar-refractivity contribution in [2.75, 3.05) is 43.7 Å². The largest absolute Gasteiger partial charge is 0.336 e. The Morgan fingerprint density at radius 2 is 1.75 bits per heavy atom. The Kier molecular flexibility index (Phi) is 6.49. The fraction of sp³-hybridized carbons (Fsp3) is 0.286. The molecule has 7 heteroatoms. The molecule has 6 nitrogen and oxygen atoms in total. The van der Waals surface area contributed by atoms with Gasteiger partial charge in [-0.2, -0.15) is 0 Å². The highest BCUT2D eigenvalue weighted by Gasteiger charge is 2.21. The van der Waals surface area contributed by atoms with Crippen LogP contribution in [0.25, 0.3) is 6.08 Å². The summed E-state index contributed by atoms with van der Waals surface area (Å²) in [5, 5.41) is 0. The van der Waals surface area contributed by atoms with E-state index in [1.165, 1.54) is 5.56 Å². The Balaban J connectivity index is 1.52. The highest BCUT2D eigenvalue weighted by atomic mass is 32.2. The van der Waals surface area contributed by atoms with Crippen LogP contribution < -0.4 is 4.72 Å². The fourth-order valence-corrected chi connectivity index (χ4v) is 3.70. The molecule has 2 aromatic rings. The number of carbonyl (C=O) groups is 1. The van der Waals surface area contributed by atoms with Crippen molar-refractivity contribution < 1.29 is 13.2 Å². The van der Waals surface area contributed by atoms with Gasteiger partial charge in [-0.15, -0.1) is 0 Å². The van der Waals surface area contributed by atoms with Gasteiger partial charge in [0.2, 0.25) is 10.0 Å². The summed E-state index contributed by atoms with van der Waals surface area (Å²) in [4.78, 5) is 16.9. The molecule has 0 bridgehead atoms. The van der Waals surface area contributed by atoms with E-state index in [0.717, 1.165) is 25.9 Å². The number of piperazine rings is 1. The molecule has 1 heterocycles. The van der Waals surface area contributed by atoms with E-state index in [1.807, 2.05) is 23.1 Å². The number of carbonyl (C=O) groups excluding carboxylic acids is 1. The van der Waals surface area contributed by atoms with Gasteiger partial charge >= 0.3 is 0 Å². The van der Waals surface area contributed by atoms with E-state index < -0.39 is 10.0 Å². The summed E-state index contributed by atoms with van der Waals surface area (Å²) in [5.74, 6) is -0.0726. The minimum absolute atomic E-state index is 0.0726. The van der Waals surface area contributed by atoms with E-state index in [0.29, 0.717) is 24.3 Å². The van der Waals surface area contributed by atoms with Crippen LogP contribution in [0, 0.1) is 0 Å². The summed E-state index contributed by atoms with van der Waals surface area (Å²) in [6.07, 6.45) is 5.35. The van der Waals surface area contributed by atoms with Crippen LogP contribution in [0.3, 0.4) is 0 Å². The van der Waals surface area contributed by atoms with Crippen LogP contribution in [-0.2, 0) is 10.0 Å². The van der Waals surface area contributed by atoms with Crippen molar-refractivity contribution in [3.63, 3.8) is 0 Å². The Bertz CT molecular complexity index is 934. The average Bonchev–Trinajstić information content (AvgIpc) is 2.68.